The zero-order valence-electron chi connectivity index (χ0n) is 9.08. The summed E-state index contributed by atoms with van der Waals surface area (Å²) in [6, 6.07) is 9.60. The molecule has 1 nitrogen and oxygen atoms in total. The quantitative estimate of drug-likeness (QED) is 0.826. The second kappa shape index (κ2) is 5.85. The van der Waals surface area contributed by atoms with Gasteiger partial charge >= 0.3 is 0 Å². The smallest absolute Gasteiger partial charge is 0.102 e. The highest BCUT2D eigenvalue weighted by atomic mass is 127. The molecule has 2 rings (SSSR count). The molecule has 0 atom stereocenters. The molecule has 0 aromatic heterocycles. The van der Waals surface area contributed by atoms with Gasteiger partial charge in [0.05, 0.1) is 6.04 Å². The van der Waals surface area contributed by atoms with E-state index in [1.807, 2.05) is 0 Å². The lowest BCUT2D eigenvalue weighted by Gasteiger charge is -2.20. The molecule has 0 aliphatic heterocycles. The van der Waals surface area contributed by atoms with Crippen LogP contribution in [0.4, 0.5) is 0 Å². The molecule has 0 spiro atoms. The summed E-state index contributed by atoms with van der Waals surface area (Å²) in [4.78, 5) is 0. The van der Waals surface area contributed by atoms with Crippen LogP contribution in [0.25, 0.3) is 0 Å². The highest BCUT2D eigenvalue weighted by Gasteiger charge is 2.15. The first-order valence-corrected chi connectivity index (χ1v) is 7.01. The van der Waals surface area contributed by atoms with E-state index in [2.05, 4.69) is 52.2 Å². The van der Waals surface area contributed by atoms with E-state index in [1.165, 1.54) is 41.2 Å². The van der Waals surface area contributed by atoms with Crippen molar-refractivity contribution in [3.8, 4) is 0 Å². The Bertz CT molecular complexity index is 305. The summed E-state index contributed by atoms with van der Waals surface area (Å²) in [6.07, 6.45) is 7.17. The maximum Gasteiger partial charge on any atom is 0.102 e. The number of nitrogens with two attached hydrogens (primary N) is 1. The second-order valence-electron chi connectivity index (χ2n) is 4.43. The summed E-state index contributed by atoms with van der Waals surface area (Å²) in [5.74, 6) is 0. The van der Waals surface area contributed by atoms with Crippen molar-refractivity contribution in [3.05, 3.63) is 33.4 Å². The Balaban J connectivity index is 1.84. The fourth-order valence-electron chi connectivity index (χ4n) is 2.33. The van der Waals surface area contributed by atoms with Crippen molar-refractivity contribution in [2.45, 2.75) is 44.7 Å². The molecule has 0 heterocycles. The first kappa shape index (κ1) is 11.4. The highest BCUT2D eigenvalue weighted by Crippen LogP contribution is 2.15. The summed E-state index contributed by atoms with van der Waals surface area (Å²) in [5.41, 5.74) is 1.49. The van der Waals surface area contributed by atoms with E-state index in [0.717, 1.165) is 12.6 Å². The zero-order valence-corrected chi connectivity index (χ0v) is 11.2. The van der Waals surface area contributed by atoms with E-state index >= 15 is 0 Å². The predicted molar refractivity (Wildman–Crippen MR) is 71.7 cm³/mol. The van der Waals surface area contributed by atoms with E-state index in [4.69, 9.17) is 0 Å². The van der Waals surface area contributed by atoms with Gasteiger partial charge in [0.2, 0.25) is 0 Å². The van der Waals surface area contributed by atoms with Gasteiger partial charge < -0.3 is 5.32 Å². The van der Waals surface area contributed by atoms with Gasteiger partial charge in [0, 0.05) is 9.13 Å². The van der Waals surface area contributed by atoms with Crippen LogP contribution in [0, 0.1) is 3.57 Å². The largest absolute Gasteiger partial charge is 0.340 e. The van der Waals surface area contributed by atoms with E-state index in [-0.39, 0.29) is 0 Å². The Hall–Kier alpha value is -0.0900. The molecule has 1 aliphatic rings. The Morgan fingerprint density at radius 1 is 1.13 bits per heavy atom. The Kier molecular flexibility index (Phi) is 4.44. The average molecular weight is 316 g/mol. The van der Waals surface area contributed by atoms with Crippen LogP contribution in [0.1, 0.15) is 37.7 Å². The van der Waals surface area contributed by atoms with E-state index in [1.54, 1.807) is 0 Å². The van der Waals surface area contributed by atoms with Gasteiger partial charge in [0.1, 0.15) is 6.54 Å². The van der Waals surface area contributed by atoms with Crippen molar-refractivity contribution in [2.24, 2.45) is 0 Å². The molecule has 0 unspecified atom stereocenters. The molecule has 1 fully saturated rings. The SMILES string of the molecule is Ic1ccccc1C[NH2+]C1CCCCC1. The fraction of sp³-hybridized carbons (Fsp3) is 0.538. The minimum absolute atomic E-state index is 0.884. The molecule has 0 amide bonds. The minimum atomic E-state index is 0.884. The van der Waals surface area contributed by atoms with Crippen molar-refractivity contribution in [3.63, 3.8) is 0 Å². The molecule has 0 radical (unpaired) electrons. The summed E-state index contributed by atoms with van der Waals surface area (Å²) in [6.45, 7) is 1.16. The van der Waals surface area contributed by atoms with Gasteiger partial charge in [-0.2, -0.15) is 0 Å². The average Bonchev–Trinajstić information content (AvgIpc) is 2.29. The number of rotatable bonds is 3. The molecule has 1 aromatic carbocycles. The van der Waals surface area contributed by atoms with Crippen molar-refractivity contribution >= 4 is 22.6 Å². The summed E-state index contributed by atoms with van der Waals surface area (Å²) in [7, 11) is 0. The van der Waals surface area contributed by atoms with Gasteiger partial charge in [-0.3, -0.25) is 0 Å². The van der Waals surface area contributed by atoms with Crippen molar-refractivity contribution in [1.29, 1.82) is 0 Å². The van der Waals surface area contributed by atoms with Crippen LogP contribution in [-0.4, -0.2) is 6.04 Å². The monoisotopic (exact) mass is 316 g/mol. The molecule has 82 valence electrons. The Labute approximate surface area is 106 Å². The topological polar surface area (TPSA) is 16.6 Å². The first-order chi connectivity index (χ1) is 7.36. The molecular formula is C13H19IN+. The molecule has 2 N–H and O–H groups in total. The molecule has 2 heteroatoms. The van der Waals surface area contributed by atoms with Gasteiger partial charge in [0.25, 0.3) is 0 Å². The molecule has 0 saturated heterocycles. The van der Waals surface area contributed by atoms with Crippen LogP contribution in [-0.2, 0) is 6.54 Å². The van der Waals surface area contributed by atoms with Gasteiger partial charge in [0.15, 0.2) is 0 Å². The first-order valence-electron chi connectivity index (χ1n) is 5.93. The van der Waals surface area contributed by atoms with Crippen LogP contribution >= 0.6 is 22.6 Å². The summed E-state index contributed by atoms with van der Waals surface area (Å²) < 4.78 is 1.40. The van der Waals surface area contributed by atoms with Crippen LogP contribution in [0.15, 0.2) is 24.3 Å². The third kappa shape index (κ3) is 3.45. The minimum Gasteiger partial charge on any atom is -0.340 e. The number of benzene rings is 1. The lowest BCUT2D eigenvalue weighted by Crippen LogP contribution is -2.88. The third-order valence-corrected chi connectivity index (χ3v) is 4.33. The number of quaternary nitrogens is 1. The van der Waals surface area contributed by atoms with Gasteiger partial charge in [-0.25, -0.2) is 0 Å². The molecule has 1 saturated carbocycles. The second-order valence-corrected chi connectivity index (χ2v) is 5.59. The van der Waals surface area contributed by atoms with E-state index in [0.29, 0.717) is 0 Å². The van der Waals surface area contributed by atoms with Crippen molar-refractivity contribution in [1.82, 2.24) is 0 Å². The highest BCUT2D eigenvalue weighted by molar-refractivity contribution is 14.1. The summed E-state index contributed by atoms with van der Waals surface area (Å²) >= 11 is 2.43. The predicted octanol–water partition coefficient (Wildman–Crippen LogP) is 2.69. The normalized spacial score (nSPS) is 17.9. The molecule has 15 heavy (non-hydrogen) atoms. The molecule has 0 bridgehead atoms. The van der Waals surface area contributed by atoms with Gasteiger partial charge in [-0.05, 0) is 54.3 Å². The van der Waals surface area contributed by atoms with Gasteiger partial charge in [-0.1, -0.05) is 24.6 Å². The maximum absolute atomic E-state index is 2.54. The van der Waals surface area contributed by atoms with Gasteiger partial charge in [-0.15, -0.1) is 0 Å². The number of halogens is 1. The Morgan fingerprint density at radius 3 is 2.60 bits per heavy atom. The van der Waals surface area contributed by atoms with Crippen LogP contribution < -0.4 is 5.32 Å². The fourth-order valence-corrected chi connectivity index (χ4v) is 2.94. The van der Waals surface area contributed by atoms with Crippen LogP contribution in [0.3, 0.4) is 0 Å². The number of hydrogen-bond donors (Lipinski definition) is 1. The summed E-state index contributed by atoms with van der Waals surface area (Å²) in [5, 5.41) is 2.54. The lowest BCUT2D eigenvalue weighted by molar-refractivity contribution is -0.706. The van der Waals surface area contributed by atoms with E-state index in [9.17, 15) is 0 Å². The van der Waals surface area contributed by atoms with Crippen molar-refractivity contribution < 1.29 is 5.32 Å². The van der Waals surface area contributed by atoms with E-state index < -0.39 is 0 Å². The molecule has 1 aliphatic carbocycles. The maximum atomic E-state index is 2.54. The third-order valence-electron chi connectivity index (χ3n) is 3.28. The van der Waals surface area contributed by atoms with Crippen LogP contribution in [0.5, 0.6) is 0 Å². The molecule has 1 aromatic rings. The zero-order chi connectivity index (χ0) is 10.5. The van der Waals surface area contributed by atoms with Crippen LogP contribution in [0.2, 0.25) is 0 Å². The number of hydrogen-bond acceptors (Lipinski definition) is 0. The standard InChI is InChI=1S/C13H18IN/c14-13-9-5-4-6-11(13)10-15-12-7-2-1-3-8-12/h4-6,9,12,15H,1-3,7-8,10H2/p+1. The molecular weight excluding hydrogens is 297 g/mol. The lowest BCUT2D eigenvalue weighted by atomic mass is 9.95. The Morgan fingerprint density at radius 2 is 1.87 bits per heavy atom. The van der Waals surface area contributed by atoms with Crippen molar-refractivity contribution in [2.75, 3.05) is 0 Å².